The van der Waals surface area contributed by atoms with Gasteiger partial charge in [-0.25, -0.2) is 4.18 Å². The zero-order valence-corrected chi connectivity index (χ0v) is 38.2. The number of hydrogen-bond acceptors (Lipinski definition) is 11. The normalized spacial score (nSPS) is 21.5. The van der Waals surface area contributed by atoms with Crippen LogP contribution in [-0.4, -0.2) is 107 Å². The number of aliphatic hydroxyl groups excluding tert-OH is 5. The van der Waals surface area contributed by atoms with Crippen molar-refractivity contribution in [3.8, 4) is 0 Å². The molecule has 0 bridgehead atoms. The number of unbranched alkanes of at least 4 members (excludes halogenated alkanes) is 24. The van der Waals surface area contributed by atoms with Crippen LogP contribution in [0.15, 0.2) is 24.3 Å². The van der Waals surface area contributed by atoms with Gasteiger partial charge in [0, 0.05) is 0 Å². The molecule has 7 N–H and O–H groups in total. The average molecular weight is 878 g/mol. The van der Waals surface area contributed by atoms with Crippen molar-refractivity contribution in [2.45, 2.75) is 249 Å². The van der Waals surface area contributed by atoms with Crippen LogP contribution in [0.25, 0.3) is 0 Å². The molecule has 1 aliphatic rings. The quantitative estimate of drug-likeness (QED) is 0.0176. The molecule has 60 heavy (non-hydrogen) atoms. The Bertz CT molecular complexity index is 1190. The monoisotopic (exact) mass is 878 g/mol. The Morgan fingerprint density at radius 2 is 1.10 bits per heavy atom. The third kappa shape index (κ3) is 29.0. The molecule has 1 saturated heterocycles. The summed E-state index contributed by atoms with van der Waals surface area (Å²) in [5.41, 5.74) is 0. The van der Waals surface area contributed by atoms with Crippen LogP contribution in [0.3, 0.4) is 0 Å². The van der Waals surface area contributed by atoms with Crippen molar-refractivity contribution in [3.63, 3.8) is 0 Å². The van der Waals surface area contributed by atoms with Crippen molar-refractivity contribution in [2.75, 3.05) is 13.2 Å². The summed E-state index contributed by atoms with van der Waals surface area (Å²) in [6.45, 7) is 3.24. The average Bonchev–Trinajstić information content (AvgIpc) is 3.22. The summed E-state index contributed by atoms with van der Waals surface area (Å²) in [7, 11) is -5.11. The molecule has 0 saturated carbocycles. The van der Waals surface area contributed by atoms with E-state index in [1.54, 1.807) is 0 Å². The second-order valence-corrected chi connectivity index (χ2v) is 17.9. The fourth-order valence-corrected chi connectivity index (χ4v) is 8.08. The molecule has 8 unspecified atom stereocenters. The van der Waals surface area contributed by atoms with Gasteiger partial charge in [0.1, 0.15) is 30.5 Å². The maximum Gasteiger partial charge on any atom is 0.397 e. The molecule has 14 heteroatoms. The molecule has 1 heterocycles. The summed E-state index contributed by atoms with van der Waals surface area (Å²) >= 11 is 0. The van der Waals surface area contributed by atoms with E-state index in [0.717, 1.165) is 57.8 Å². The number of hydrogen-bond donors (Lipinski definition) is 7. The molecule has 1 fully saturated rings. The Morgan fingerprint density at radius 1 is 0.667 bits per heavy atom. The summed E-state index contributed by atoms with van der Waals surface area (Å²) in [6, 6.07) is -1.03. The molecular weight excluding hydrogens is 791 g/mol. The third-order valence-electron chi connectivity index (χ3n) is 11.4. The smallest absolute Gasteiger partial charge is 0.394 e. The molecule has 0 spiro atoms. The first-order valence-corrected chi connectivity index (χ1v) is 25.2. The van der Waals surface area contributed by atoms with Crippen molar-refractivity contribution >= 4 is 16.3 Å². The fraction of sp³-hybridized carbons (Fsp3) is 0.891. The van der Waals surface area contributed by atoms with E-state index in [0.29, 0.717) is 19.3 Å². The van der Waals surface area contributed by atoms with Crippen molar-refractivity contribution in [2.24, 2.45) is 0 Å². The van der Waals surface area contributed by atoms with Gasteiger partial charge in [0.25, 0.3) is 0 Å². The van der Waals surface area contributed by atoms with Crippen LogP contribution in [0.2, 0.25) is 0 Å². The number of allylic oxidation sites excluding steroid dienone is 4. The van der Waals surface area contributed by atoms with Crippen LogP contribution < -0.4 is 5.32 Å². The predicted molar refractivity (Wildman–Crippen MR) is 238 cm³/mol. The van der Waals surface area contributed by atoms with E-state index in [4.69, 9.17) is 9.47 Å². The molecule has 0 aromatic carbocycles. The number of carbonyl (C=O) groups excluding carboxylic acids is 1. The summed E-state index contributed by atoms with van der Waals surface area (Å²) in [5, 5.41) is 55.4. The van der Waals surface area contributed by atoms with Crippen molar-refractivity contribution in [1.29, 1.82) is 0 Å². The van der Waals surface area contributed by atoms with Crippen molar-refractivity contribution in [3.05, 3.63) is 24.3 Å². The van der Waals surface area contributed by atoms with Gasteiger partial charge < -0.3 is 40.3 Å². The second-order valence-electron chi connectivity index (χ2n) is 16.9. The van der Waals surface area contributed by atoms with Gasteiger partial charge in [-0.15, -0.1) is 0 Å². The first kappa shape index (κ1) is 56.6. The number of rotatable bonds is 40. The maximum atomic E-state index is 13.1. The van der Waals surface area contributed by atoms with E-state index in [1.807, 2.05) is 0 Å². The van der Waals surface area contributed by atoms with Gasteiger partial charge in [0.05, 0.1) is 25.4 Å². The predicted octanol–water partition coefficient (Wildman–Crippen LogP) is 8.30. The standard InChI is InChI=1S/C46H87NO12S/c1-3-5-7-9-11-13-15-17-18-19-20-21-23-25-27-29-31-33-35-40(50)45(53)47-38(39(49)34-32-30-28-26-24-22-16-14-12-10-8-6-4-2)37-57-46-43(52)44(59-60(54,55)56)42(51)41(36-48)58-46/h11,13,15,17,38-44,46,48-52H,3-10,12,14,16,18-37H2,1-2H3,(H,47,53)(H,54,55,56)/b13-11-,17-15-. The van der Waals surface area contributed by atoms with Gasteiger partial charge >= 0.3 is 10.4 Å². The van der Waals surface area contributed by atoms with Crippen LogP contribution in [0.5, 0.6) is 0 Å². The van der Waals surface area contributed by atoms with Gasteiger partial charge in [0.15, 0.2) is 6.29 Å². The highest BCUT2D eigenvalue weighted by Gasteiger charge is 2.48. The van der Waals surface area contributed by atoms with Crippen molar-refractivity contribution in [1.82, 2.24) is 5.32 Å². The van der Waals surface area contributed by atoms with E-state index in [-0.39, 0.29) is 6.42 Å². The van der Waals surface area contributed by atoms with E-state index in [2.05, 4.69) is 47.7 Å². The van der Waals surface area contributed by atoms with E-state index >= 15 is 0 Å². The molecule has 0 radical (unpaired) electrons. The first-order valence-electron chi connectivity index (χ1n) is 23.8. The third-order valence-corrected chi connectivity index (χ3v) is 11.9. The lowest BCUT2D eigenvalue weighted by Gasteiger charge is -2.41. The van der Waals surface area contributed by atoms with E-state index in [1.165, 1.54) is 103 Å². The van der Waals surface area contributed by atoms with Crippen LogP contribution in [0.4, 0.5) is 0 Å². The van der Waals surface area contributed by atoms with Crippen LogP contribution in [-0.2, 0) is 28.9 Å². The van der Waals surface area contributed by atoms with Crippen molar-refractivity contribution < 1.29 is 57.0 Å². The zero-order chi connectivity index (χ0) is 44.3. The number of amides is 1. The summed E-state index contributed by atoms with van der Waals surface area (Å²) < 4.78 is 47.6. The second kappa shape index (κ2) is 37.0. The molecule has 0 aliphatic carbocycles. The van der Waals surface area contributed by atoms with Gasteiger partial charge in [-0.05, 0) is 38.5 Å². The highest BCUT2D eigenvalue weighted by molar-refractivity contribution is 7.80. The minimum absolute atomic E-state index is 0.255. The summed E-state index contributed by atoms with van der Waals surface area (Å²) in [6.07, 6.45) is 29.3. The first-order chi connectivity index (χ1) is 28.9. The van der Waals surface area contributed by atoms with Gasteiger partial charge in [-0.1, -0.05) is 186 Å². The Hall–Kier alpha value is -1.46. The molecule has 0 aromatic heterocycles. The number of ether oxygens (including phenoxy) is 2. The van der Waals surface area contributed by atoms with Gasteiger partial charge in [0.2, 0.25) is 5.91 Å². The molecular formula is C46H87NO12S. The Balaban J connectivity index is 2.53. The Morgan fingerprint density at radius 3 is 1.58 bits per heavy atom. The summed E-state index contributed by atoms with van der Waals surface area (Å²) in [5.74, 6) is -0.674. The largest absolute Gasteiger partial charge is 0.397 e. The minimum atomic E-state index is -5.11. The molecule has 1 amide bonds. The minimum Gasteiger partial charge on any atom is -0.394 e. The SMILES string of the molecule is CCCCC/C=C\C=C/CCCCCCCCCCCC(O)C(=O)NC(COC1OC(CO)C(O)C(OS(=O)(=O)O)C1O)C(O)CCCCCCCCCCCCCCC. The number of carbonyl (C=O) groups is 1. The van der Waals surface area contributed by atoms with Crippen LogP contribution >= 0.6 is 0 Å². The Kier molecular flexibility index (Phi) is 34.8. The Labute approximate surface area is 364 Å². The number of nitrogens with one attached hydrogen (secondary N) is 1. The van der Waals surface area contributed by atoms with Crippen LogP contribution in [0.1, 0.15) is 200 Å². The highest BCUT2D eigenvalue weighted by atomic mass is 32.3. The molecule has 1 aliphatic heterocycles. The van der Waals surface area contributed by atoms with E-state index in [9.17, 15) is 43.3 Å². The zero-order valence-electron chi connectivity index (χ0n) is 37.4. The molecule has 13 nitrogen and oxygen atoms in total. The molecule has 1 rings (SSSR count). The molecule has 0 aromatic rings. The van der Waals surface area contributed by atoms with E-state index < -0.39 is 78.5 Å². The maximum absolute atomic E-state index is 13.1. The highest BCUT2D eigenvalue weighted by Crippen LogP contribution is 2.26. The number of aliphatic hydroxyl groups is 5. The topological polar surface area (TPSA) is 212 Å². The molecule has 354 valence electrons. The fourth-order valence-electron chi connectivity index (χ4n) is 7.57. The lowest BCUT2D eigenvalue weighted by molar-refractivity contribution is -0.298. The summed E-state index contributed by atoms with van der Waals surface area (Å²) in [4.78, 5) is 13.1. The van der Waals surface area contributed by atoms with Gasteiger partial charge in [-0.2, -0.15) is 8.42 Å². The molecule has 8 atom stereocenters. The van der Waals surface area contributed by atoms with Gasteiger partial charge in [-0.3, -0.25) is 9.35 Å². The van der Waals surface area contributed by atoms with Crippen LogP contribution in [0, 0.1) is 0 Å². The lowest BCUT2D eigenvalue weighted by Crippen LogP contribution is -2.61. The lowest BCUT2D eigenvalue weighted by atomic mass is 9.99.